The molecule has 1 heterocycles. The molecule has 0 radical (unpaired) electrons. The van der Waals surface area contributed by atoms with Gasteiger partial charge in [0.25, 0.3) is 0 Å². The standard InChI is InChI=1S/C31H48O6/c1-4-6-8-10-12-14-16-18-23-34-29-26-21-20-22-27(36-25(3)32)28(26)37-31(33)30(29)35-24-19-17-15-13-11-9-7-5-2/h20-22H,4-19,23-24H2,1-3H3. The first-order valence-electron chi connectivity index (χ1n) is 14.6. The second-order valence-electron chi connectivity index (χ2n) is 9.92. The van der Waals surface area contributed by atoms with Crippen LogP contribution in [0.1, 0.15) is 124 Å². The topological polar surface area (TPSA) is 75.0 Å². The van der Waals surface area contributed by atoms with Crippen molar-refractivity contribution in [3.63, 3.8) is 0 Å². The van der Waals surface area contributed by atoms with E-state index in [9.17, 15) is 9.59 Å². The van der Waals surface area contributed by atoms with Crippen LogP contribution in [0.4, 0.5) is 0 Å². The largest absolute Gasteiger partial charge is 0.489 e. The molecule has 0 N–H and O–H groups in total. The number of ether oxygens (including phenoxy) is 3. The highest BCUT2D eigenvalue weighted by atomic mass is 16.5. The molecule has 6 heteroatoms. The highest BCUT2D eigenvalue weighted by Crippen LogP contribution is 2.37. The number of para-hydroxylation sites is 1. The third kappa shape index (κ3) is 11.6. The van der Waals surface area contributed by atoms with Crippen molar-refractivity contribution in [2.24, 2.45) is 0 Å². The van der Waals surface area contributed by atoms with Crippen LogP contribution in [0.15, 0.2) is 27.4 Å². The predicted octanol–water partition coefficient (Wildman–Crippen LogP) is 8.76. The second-order valence-corrected chi connectivity index (χ2v) is 9.92. The van der Waals surface area contributed by atoms with E-state index >= 15 is 0 Å². The molecular formula is C31H48O6. The molecule has 0 fully saturated rings. The molecule has 0 unspecified atom stereocenters. The molecular weight excluding hydrogens is 468 g/mol. The highest BCUT2D eigenvalue weighted by molar-refractivity contribution is 5.91. The van der Waals surface area contributed by atoms with Crippen molar-refractivity contribution in [2.75, 3.05) is 13.2 Å². The summed E-state index contributed by atoms with van der Waals surface area (Å²) in [6.07, 6.45) is 19.1. The van der Waals surface area contributed by atoms with Crippen molar-refractivity contribution in [1.82, 2.24) is 0 Å². The molecule has 37 heavy (non-hydrogen) atoms. The Bertz CT molecular complexity index is 964. The van der Waals surface area contributed by atoms with E-state index in [1.807, 2.05) is 0 Å². The molecule has 0 atom stereocenters. The van der Waals surface area contributed by atoms with Gasteiger partial charge in [0.15, 0.2) is 17.1 Å². The maximum absolute atomic E-state index is 12.9. The molecule has 2 rings (SSSR count). The summed E-state index contributed by atoms with van der Waals surface area (Å²) < 4.78 is 22.9. The van der Waals surface area contributed by atoms with Gasteiger partial charge in [-0.1, -0.05) is 110 Å². The SMILES string of the molecule is CCCCCCCCCCOc1c(OCCCCCCCCCC)c2cccc(OC(C)=O)c2oc1=O. The van der Waals surface area contributed by atoms with E-state index in [0.717, 1.165) is 25.7 Å². The Balaban J connectivity index is 2.01. The third-order valence-corrected chi connectivity index (χ3v) is 6.55. The van der Waals surface area contributed by atoms with Gasteiger partial charge in [0.05, 0.1) is 18.6 Å². The molecule has 0 aliphatic rings. The molecule has 1 aromatic heterocycles. The monoisotopic (exact) mass is 516 g/mol. The van der Waals surface area contributed by atoms with Gasteiger partial charge >= 0.3 is 11.6 Å². The maximum atomic E-state index is 12.9. The summed E-state index contributed by atoms with van der Waals surface area (Å²) in [5.74, 6) is 0.206. The summed E-state index contributed by atoms with van der Waals surface area (Å²) in [5.41, 5.74) is -0.411. The number of unbranched alkanes of at least 4 members (excludes halogenated alkanes) is 14. The zero-order valence-corrected chi connectivity index (χ0v) is 23.4. The molecule has 0 aliphatic carbocycles. The lowest BCUT2D eigenvalue weighted by Gasteiger charge is -2.15. The van der Waals surface area contributed by atoms with Crippen molar-refractivity contribution in [3.05, 3.63) is 28.6 Å². The van der Waals surface area contributed by atoms with Gasteiger partial charge in [-0.05, 0) is 25.0 Å². The predicted molar refractivity (Wildman–Crippen MR) is 150 cm³/mol. The molecule has 0 saturated heterocycles. The number of hydrogen-bond donors (Lipinski definition) is 0. The lowest BCUT2D eigenvalue weighted by atomic mass is 10.1. The minimum absolute atomic E-state index is 0.106. The van der Waals surface area contributed by atoms with Crippen molar-refractivity contribution < 1.29 is 23.4 Å². The number of benzene rings is 1. The molecule has 0 saturated carbocycles. The Morgan fingerprint density at radius 3 is 1.70 bits per heavy atom. The number of carbonyl (C=O) groups excluding carboxylic acids is 1. The van der Waals surface area contributed by atoms with Crippen molar-refractivity contribution in [1.29, 1.82) is 0 Å². The molecule has 0 spiro atoms. The highest BCUT2D eigenvalue weighted by Gasteiger charge is 2.21. The van der Waals surface area contributed by atoms with Crippen molar-refractivity contribution >= 4 is 16.9 Å². The Kier molecular flexibility index (Phi) is 15.5. The quantitative estimate of drug-likeness (QED) is 0.0714. The van der Waals surface area contributed by atoms with Gasteiger partial charge in [-0.2, -0.15) is 0 Å². The minimum Gasteiger partial charge on any atom is -0.489 e. The van der Waals surface area contributed by atoms with Crippen LogP contribution in [0, 0.1) is 0 Å². The molecule has 6 nitrogen and oxygen atoms in total. The molecule has 0 aliphatic heterocycles. The fraction of sp³-hybridized carbons (Fsp3) is 0.677. The summed E-state index contributed by atoms with van der Waals surface area (Å²) in [6, 6.07) is 5.17. The summed E-state index contributed by atoms with van der Waals surface area (Å²) in [5, 5.41) is 0.573. The average Bonchev–Trinajstić information content (AvgIpc) is 2.87. The van der Waals surface area contributed by atoms with Crippen LogP contribution >= 0.6 is 0 Å². The Hall–Kier alpha value is -2.50. The maximum Gasteiger partial charge on any atom is 0.383 e. The number of esters is 1. The van der Waals surface area contributed by atoms with Gasteiger partial charge in [0, 0.05) is 6.92 Å². The lowest BCUT2D eigenvalue weighted by Crippen LogP contribution is -2.12. The summed E-state index contributed by atoms with van der Waals surface area (Å²) in [6.45, 7) is 6.69. The van der Waals surface area contributed by atoms with Crippen molar-refractivity contribution in [3.8, 4) is 17.2 Å². The number of carbonyl (C=O) groups is 1. The normalized spacial score (nSPS) is 11.1. The van der Waals surface area contributed by atoms with Crippen LogP contribution in [-0.2, 0) is 4.79 Å². The Morgan fingerprint density at radius 2 is 1.19 bits per heavy atom. The van der Waals surface area contributed by atoms with Gasteiger partial charge in [0.1, 0.15) is 0 Å². The van der Waals surface area contributed by atoms with Crippen LogP contribution in [-0.4, -0.2) is 19.2 Å². The first-order valence-corrected chi connectivity index (χ1v) is 14.6. The van der Waals surface area contributed by atoms with Gasteiger partial charge in [-0.25, -0.2) is 4.79 Å². The summed E-state index contributed by atoms with van der Waals surface area (Å²) in [7, 11) is 0. The Labute approximate surface area is 223 Å². The lowest BCUT2D eigenvalue weighted by molar-refractivity contribution is -0.131. The van der Waals surface area contributed by atoms with E-state index in [0.29, 0.717) is 24.3 Å². The van der Waals surface area contributed by atoms with Gasteiger partial charge in [-0.15, -0.1) is 0 Å². The third-order valence-electron chi connectivity index (χ3n) is 6.55. The van der Waals surface area contributed by atoms with E-state index in [-0.39, 0.29) is 17.1 Å². The second kappa shape index (κ2) is 18.7. The Morgan fingerprint density at radius 1 is 0.703 bits per heavy atom. The molecule has 0 amide bonds. The van der Waals surface area contributed by atoms with E-state index in [2.05, 4.69) is 13.8 Å². The number of fused-ring (bicyclic) bond motifs is 1. The minimum atomic E-state index is -0.613. The van der Waals surface area contributed by atoms with E-state index in [4.69, 9.17) is 18.6 Å². The van der Waals surface area contributed by atoms with Gasteiger partial charge in [0.2, 0.25) is 5.75 Å². The van der Waals surface area contributed by atoms with Crippen LogP contribution in [0.3, 0.4) is 0 Å². The zero-order valence-electron chi connectivity index (χ0n) is 23.4. The van der Waals surface area contributed by atoms with Crippen LogP contribution in [0.25, 0.3) is 11.0 Å². The van der Waals surface area contributed by atoms with Gasteiger partial charge in [-0.3, -0.25) is 4.79 Å². The van der Waals surface area contributed by atoms with Crippen LogP contribution in [0.2, 0.25) is 0 Å². The molecule has 1 aromatic carbocycles. The van der Waals surface area contributed by atoms with Crippen LogP contribution in [0.5, 0.6) is 17.2 Å². The molecule has 0 bridgehead atoms. The fourth-order valence-electron chi connectivity index (χ4n) is 4.48. The van der Waals surface area contributed by atoms with Gasteiger partial charge < -0.3 is 18.6 Å². The molecule has 208 valence electrons. The average molecular weight is 517 g/mol. The van der Waals surface area contributed by atoms with Crippen molar-refractivity contribution in [2.45, 2.75) is 124 Å². The molecule has 2 aromatic rings. The first kappa shape index (κ1) is 30.7. The zero-order chi connectivity index (χ0) is 26.7. The summed E-state index contributed by atoms with van der Waals surface area (Å²) >= 11 is 0. The smallest absolute Gasteiger partial charge is 0.383 e. The first-order chi connectivity index (χ1) is 18.1. The fourth-order valence-corrected chi connectivity index (χ4v) is 4.48. The number of rotatable bonds is 21. The van der Waals surface area contributed by atoms with E-state index in [1.54, 1.807) is 18.2 Å². The number of hydrogen-bond acceptors (Lipinski definition) is 6. The van der Waals surface area contributed by atoms with E-state index in [1.165, 1.54) is 84.0 Å². The summed E-state index contributed by atoms with van der Waals surface area (Å²) in [4.78, 5) is 24.5. The van der Waals surface area contributed by atoms with E-state index < -0.39 is 11.6 Å². The van der Waals surface area contributed by atoms with Crippen LogP contribution < -0.4 is 19.8 Å².